The van der Waals surface area contributed by atoms with Gasteiger partial charge >= 0.3 is 0 Å². The fourth-order valence-corrected chi connectivity index (χ4v) is 1.72. The summed E-state index contributed by atoms with van der Waals surface area (Å²) >= 11 is 6.21. The molecule has 4 heteroatoms. The molecule has 0 aromatic heterocycles. The molecule has 0 aromatic carbocycles. The molecule has 0 aliphatic carbocycles. The molecule has 0 spiro atoms. The van der Waals surface area contributed by atoms with Crippen LogP contribution in [0.2, 0.25) is 0 Å². The van der Waals surface area contributed by atoms with Crippen LogP contribution in [-0.2, 0) is 9.59 Å². The van der Waals surface area contributed by atoms with Crippen molar-refractivity contribution in [2.24, 2.45) is 0 Å². The number of rotatable bonds is 5. The van der Waals surface area contributed by atoms with Gasteiger partial charge in [0.2, 0.25) is 0 Å². The van der Waals surface area contributed by atoms with E-state index in [1.54, 1.807) is 23.8 Å². The van der Waals surface area contributed by atoms with Crippen LogP contribution in [0.25, 0.3) is 0 Å². The van der Waals surface area contributed by atoms with Crippen LogP contribution in [0.3, 0.4) is 0 Å². The van der Waals surface area contributed by atoms with Crippen molar-refractivity contribution in [3.05, 3.63) is 21.1 Å². The lowest BCUT2D eigenvalue weighted by molar-refractivity contribution is -0.115. The van der Waals surface area contributed by atoms with Crippen molar-refractivity contribution in [2.45, 2.75) is 47.0 Å². The number of carbonyl (C=O) groups is 2. The zero-order valence-corrected chi connectivity index (χ0v) is 14.0. The van der Waals surface area contributed by atoms with Crippen molar-refractivity contribution in [3.8, 4) is 0 Å². The van der Waals surface area contributed by atoms with Crippen LogP contribution in [0, 0.1) is 0 Å². The smallest absolute Gasteiger partial charge is 0.158 e. The highest BCUT2D eigenvalue weighted by Gasteiger charge is 1.99. The van der Waals surface area contributed by atoms with Gasteiger partial charge in [-0.15, -0.1) is 0 Å². The largest absolute Gasteiger partial charge is 0.295 e. The van der Waals surface area contributed by atoms with Crippen LogP contribution in [0.4, 0.5) is 0 Å². The third kappa shape index (κ3) is 10.6. The molecular weight excluding hydrogens is 348 g/mol. The third-order valence-electron chi connectivity index (χ3n) is 2.03. The second-order valence-corrected chi connectivity index (χ2v) is 4.43. The molecule has 0 fully saturated rings. The molecule has 0 bridgehead atoms. The second-order valence-electron chi connectivity index (χ2n) is 3.51. The van der Waals surface area contributed by atoms with E-state index in [9.17, 15) is 9.59 Å². The molecule has 0 aliphatic heterocycles. The van der Waals surface area contributed by atoms with Gasteiger partial charge in [-0.2, -0.15) is 0 Å². The SMILES string of the molecule is CCC(=O)/C(C)=C/Br.CCC/C(=C\Br)C(C)=O. The molecule has 2 nitrogen and oxygen atoms in total. The molecule has 0 saturated carbocycles. The Morgan fingerprint density at radius 2 is 1.59 bits per heavy atom. The normalized spacial score (nSPS) is 11.6. The summed E-state index contributed by atoms with van der Waals surface area (Å²) < 4.78 is 0. The molecule has 0 rings (SSSR count). The first-order valence-electron chi connectivity index (χ1n) is 5.54. The van der Waals surface area contributed by atoms with Crippen LogP contribution >= 0.6 is 31.9 Å². The lowest BCUT2D eigenvalue weighted by atomic mass is 10.1. The summed E-state index contributed by atoms with van der Waals surface area (Å²) in [7, 11) is 0. The quantitative estimate of drug-likeness (QED) is 0.646. The Morgan fingerprint density at radius 1 is 1.06 bits per heavy atom. The molecule has 0 amide bonds. The molecular formula is C13H20Br2O2. The van der Waals surface area contributed by atoms with Gasteiger partial charge in [-0.3, -0.25) is 9.59 Å². The predicted molar refractivity (Wildman–Crippen MR) is 80.6 cm³/mol. The number of hydrogen-bond acceptors (Lipinski definition) is 2. The summed E-state index contributed by atoms with van der Waals surface area (Å²) in [6.45, 7) is 7.28. The van der Waals surface area contributed by atoms with E-state index in [-0.39, 0.29) is 11.6 Å². The van der Waals surface area contributed by atoms with Gasteiger partial charge in [0.1, 0.15) is 0 Å². The molecule has 0 radical (unpaired) electrons. The zero-order chi connectivity index (χ0) is 13.8. The molecule has 0 aliphatic rings. The fourth-order valence-electron chi connectivity index (χ4n) is 0.916. The molecule has 0 N–H and O–H groups in total. The summed E-state index contributed by atoms with van der Waals surface area (Å²) in [6, 6.07) is 0. The van der Waals surface area contributed by atoms with E-state index in [0.717, 1.165) is 24.0 Å². The summed E-state index contributed by atoms with van der Waals surface area (Å²) in [5.74, 6) is 0.357. The number of carbonyl (C=O) groups excluding carboxylic acids is 2. The molecule has 0 unspecified atom stereocenters. The van der Waals surface area contributed by atoms with E-state index in [2.05, 4.69) is 38.8 Å². The number of Topliss-reactive ketones (excluding diaryl/α,β-unsaturated/α-hetero) is 2. The van der Waals surface area contributed by atoms with Crippen LogP contribution in [0.15, 0.2) is 21.1 Å². The Balaban J connectivity index is 0. The Bertz CT molecular complexity index is 305. The lowest BCUT2D eigenvalue weighted by Gasteiger charge is -1.95. The van der Waals surface area contributed by atoms with Crippen molar-refractivity contribution in [1.29, 1.82) is 0 Å². The average Bonchev–Trinajstić information content (AvgIpc) is 2.34. The predicted octanol–water partition coefficient (Wildman–Crippen LogP) is 4.92. The van der Waals surface area contributed by atoms with Crippen molar-refractivity contribution in [2.75, 3.05) is 0 Å². The van der Waals surface area contributed by atoms with E-state index in [1.807, 2.05) is 6.92 Å². The summed E-state index contributed by atoms with van der Waals surface area (Å²) in [5, 5.41) is 0. The van der Waals surface area contributed by atoms with Gasteiger partial charge in [-0.05, 0) is 35.8 Å². The van der Waals surface area contributed by atoms with Crippen molar-refractivity contribution < 1.29 is 9.59 Å². The Kier molecular flexibility index (Phi) is 13.8. The van der Waals surface area contributed by atoms with E-state index in [0.29, 0.717) is 6.42 Å². The van der Waals surface area contributed by atoms with Crippen molar-refractivity contribution >= 4 is 43.4 Å². The third-order valence-corrected chi connectivity index (χ3v) is 3.27. The molecule has 0 saturated heterocycles. The standard InChI is InChI=1S/C7H11BrO.C6H9BrO/c1-3-4-7(5-8)6(2)9;1-3-6(8)5(2)4-7/h5H,3-4H2,1-2H3;4H,3H2,1-2H3/b7-5+;5-4+. The van der Waals surface area contributed by atoms with Gasteiger partial charge in [0.15, 0.2) is 11.6 Å². The van der Waals surface area contributed by atoms with Crippen LogP contribution in [0.5, 0.6) is 0 Å². The molecule has 98 valence electrons. The number of halogens is 2. The summed E-state index contributed by atoms with van der Waals surface area (Å²) in [6.07, 6.45) is 2.49. The fraction of sp³-hybridized carbons (Fsp3) is 0.538. The first-order chi connectivity index (χ1) is 7.94. The topological polar surface area (TPSA) is 34.1 Å². The zero-order valence-electron chi connectivity index (χ0n) is 10.8. The molecule has 0 atom stereocenters. The van der Waals surface area contributed by atoms with Crippen molar-refractivity contribution in [3.63, 3.8) is 0 Å². The average molecular weight is 368 g/mol. The second kappa shape index (κ2) is 12.2. The maximum Gasteiger partial charge on any atom is 0.158 e. The van der Waals surface area contributed by atoms with Crippen molar-refractivity contribution in [1.82, 2.24) is 0 Å². The maximum atomic E-state index is 10.7. The highest BCUT2D eigenvalue weighted by molar-refractivity contribution is 9.11. The molecule has 17 heavy (non-hydrogen) atoms. The Labute approximate surface area is 121 Å². The number of hydrogen-bond donors (Lipinski definition) is 0. The number of allylic oxidation sites excluding steroid dienone is 2. The number of ketones is 2. The molecule has 0 aromatic rings. The van der Waals surface area contributed by atoms with Gasteiger partial charge in [0.05, 0.1) is 0 Å². The van der Waals surface area contributed by atoms with Gasteiger partial charge in [0, 0.05) is 12.0 Å². The van der Waals surface area contributed by atoms with E-state index in [1.165, 1.54) is 0 Å². The minimum Gasteiger partial charge on any atom is -0.295 e. The Hall–Kier alpha value is -0.220. The Morgan fingerprint density at radius 3 is 1.71 bits per heavy atom. The van der Waals surface area contributed by atoms with E-state index < -0.39 is 0 Å². The van der Waals surface area contributed by atoms with Crippen LogP contribution in [-0.4, -0.2) is 11.6 Å². The molecule has 0 heterocycles. The lowest BCUT2D eigenvalue weighted by Crippen LogP contribution is -1.94. The van der Waals surface area contributed by atoms with Crippen LogP contribution in [0.1, 0.15) is 47.0 Å². The van der Waals surface area contributed by atoms with Gasteiger partial charge in [0.25, 0.3) is 0 Å². The van der Waals surface area contributed by atoms with E-state index in [4.69, 9.17) is 0 Å². The minimum atomic E-state index is 0.161. The summed E-state index contributed by atoms with van der Waals surface area (Å²) in [4.78, 5) is 24.7. The van der Waals surface area contributed by atoms with Gasteiger partial charge in [-0.25, -0.2) is 0 Å². The van der Waals surface area contributed by atoms with Gasteiger partial charge in [-0.1, -0.05) is 52.1 Å². The highest BCUT2D eigenvalue weighted by Crippen LogP contribution is 2.07. The maximum absolute atomic E-state index is 10.7. The van der Waals surface area contributed by atoms with Crippen LogP contribution < -0.4 is 0 Å². The van der Waals surface area contributed by atoms with Gasteiger partial charge < -0.3 is 0 Å². The monoisotopic (exact) mass is 366 g/mol. The van der Waals surface area contributed by atoms with E-state index >= 15 is 0 Å². The first kappa shape index (κ1) is 19.1. The minimum absolute atomic E-state index is 0.161. The summed E-state index contributed by atoms with van der Waals surface area (Å²) in [5.41, 5.74) is 1.66. The first-order valence-corrected chi connectivity index (χ1v) is 7.37. The highest BCUT2D eigenvalue weighted by atomic mass is 79.9.